The van der Waals surface area contributed by atoms with Gasteiger partial charge in [-0.1, -0.05) is 30.3 Å². The molecule has 160 valence electrons. The first-order chi connectivity index (χ1) is 15.1. The summed E-state index contributed by atoms with van der Waals surface area (Å²) in [5.74, 6) is 1.76. The van der Waals surface area contributed by atoms with Crippen LogP contribution in [0.15, 0.2) is 72.9 Å². The number of ether oxygens (including phenoxy) is 1. The fourth-order valence-corrected chi connectivity index (χ4v) is 4.32. The van der Waals surface area contributed by atoms with Crippen LogP contribution in [0.5, 0.6) is 5.75 Å². The highest BCUT2D eigenvalue weighted by Crippen LogP contribution is 2.23. The average molecular weight is 528 g/mol. The Morgan fingerprint density at radius 1 is 1.10 bits per heavy atom. The molecule has 1 atom stereocenters. The quantitative estimate of drug-likeness (QED) is 0.474. The van der Waals surface area contributed by atoms with Gasteiger partial charge < -0.3 is 19.9 Å². The molecular weight excluding hydrogens is 503 g/mol. The van der Waals surface area contributed by atoms with Gasteiger partial charge in [-0.05, 0) is 71.5 Å². The molecule has 0 aliphatic carbocycles. The lowest BCUT2D eigenvalue weighted by molar-refractivity contribution is 0.184. The van der Waals surface area contributed by atoms with E-state index >= 15 is 0 Å². The summed E-state index contributed by atoms with van der Waals surface area (Å²) in [6, 6.07) is 21.5. The van der Waals surface area contributed by atoms with Crippen LogP contribution in [0.4, 0.5) is 16.3 Å². The van der Waals surface area contributed by atoms with Gasteiger partial charge in [0.1, 0.15) is 18.2 Å². The Balaban J connectivity index is 1.30. The Hall–Kier alpha value is -2.81. The van der Waals surface area contributed by atoms with Crippen LogP contribution in [-0.2, 0) is 6.61 Å². The number of hydrogen-bond donors (Lipinski definition) is 1. The summed E-state index contributed by atoms with van der Waals surface area (Å²) in [4.78, 5) is 21.5. The summed E-state index contributed by atoms with van der Waals surface area (Å²) in [6.07, 6.45) is 1.81. The molecule has 1 N–H and O–H groups in total. The monoisotopic (exact) mass is 528 g/mol. The Labute approximate surface area is 196 Å². The van der Waals surface area contributed by atoms with Crippen LogP contribution in [-0.4, -0.2) is 41.6 Å². The molecule has 0 radical (unpaired) electrons. The van der Waals surface area contributed by atoms with Crippen molar-refractivity contribution in [2.45, 2.75) is 19.6 Å². The van der Waals surface area contributed by atoms with E-state index in [9.17, 15) is 4.79 Å². The van der Waals surface area contributed by atoms with Crippen molar-refractivity contribution in [2.24, 2.45) is 0 Å². The van der Waals surface area contributed by atoms with E-state index in [1.54, 1.807) is 0 Å². The third kappa shape index (κ3) is 5.46. The number of anilines is 2. The Bertz CT molecular complexity index is 1010. The minimum absolute atomic E-state index is 0.0826. The number of nitrogens with zero attached hydrogens (tertiary/aromatic N) is 3. The van der Waals surface area contributed by atoms with E-state index in [4.69, 9.17) is 4.74 Å². The number of carbonyl (C=O) groups is 1. The molecule has 0 bridgehead atoms. The van der Waals surface area contributed by atoms with Crippen LogP contribution in [0.2, 0.25) is 0 Å². The largest absolute Gasteiger partial charge is 0.489 e. The third-order valence-corrected chi connectivity index (χ3v) is 6.12. The van der Waals surface area contributed by atoms with Gasteiger partial charge in [0, 0.05) is 37.6 Å². The molecule has 3 aromatic rings. The van der Waals surface area contributed by atoms with Gasteiger partial charge in [-0.2, -0.15) is 0 Å². The predicted octanol–water partition coefficient (Wildman–Crippen LogP) is 5.01. The zero-order chi connectivity index (χ0) is 21.6. The fourth-order valence-electron chi connectivity index (χ4n) is 3.63. The van der Waals surface area contributed by atoms with Gasteiger partial charge in [0.15, 0.2) is 0 Å². The number of aromatic nitrogens is 1. The topological polar surface area (TPSA) is 57.7 Å². The molecule has 0 spiro atoms. The number of carbonyl (C=O) groups excluding carboxylic acids is 1. The molecule has 1 aliphatic heterocycles. The SMILES string of the molecule is C[C@@H]1CN(c2ncccc2I)CCN1C(=O)Nc1ccc(OCc2ccccc2)cc1. The molecule has 4 rings (SSSR count). The molecule has 7 heteroatoms. The van der Waals surface area contributed by atoms with Gasteiger partial charge in [-0.15, -0.1) is 0 Å². The Morgan fingerprint density at radius 2 is 1.87 bits per heavy atom. The van der Waals surface area contributed by atoms with E-state index in [0.717, 1.165) is 39.5 Å². The van der Waals surface area contributed by atoms with Crippen molar-refractivity contribution in [3.05, 3.63) is 82.1 Å². The third-order valence-electron chi connectivity index (χ3n) is 5.28. The maximum absolute atomic E-state index is 12.8. The van der Waals surface area contributed by atoms with Gasteiger partial charge in [-0.3, -0.25) is 0 Å². The van der Waals surface area contributed by atoms with Crippen molar-refractivity contribution >= 4 is 40.1 Å². The second-order valence-electron chi connectivity index (χ2n) is 7.53. The van der Waals surface area contributed by atoms with E-state index in [1.807, 2.05) is 71.8 Å². The van der Waals surface area contributed by atoms with E-state index in [0.29, 0.717) is 13.2 Å². The number of benzene rings is 2. The van der Waals surface area contributed by atoms with Crippen molar-refractivity contribution in [3.8, 4) is 5.75 Å². The highest BCUT2D eigenvalue weighted by atomic mass is 127. The highest BCUT2D eigenvalue weighted by molar-refractivity contribution is 14.1. The molecule has 2 heterocycles. The van der Waals surface area contributed by atoms with Crippen LogP contribution in [0.25, 0.3) is 0 Å². The van der Waals surface area contributed by atoms with Crippen molar-refractivity contribution in [1.82, 2.24) is 9.88 Å². The van der Waals surface area contributed by atoms with Crippen molar-refractivity contribution in [3.63, 3.8) is 0 Å². The summed E-state index contributed by atoms with van der Waals surface area (Å²) in [6.45, 7) is 4.76. The van der Waals surface area contributed by atoms with E-state index in [2.05, 4.69) is 50.8 Å². The smallest absolute Gasteiger partial charge is 0.322 e. The van der Waals surface area contributed by atoms with Crippen molar-refractivity contribution < 1.29 is 9.53 Å². The summed E-state index contributed by atoms with van der Waals surface area (Å²) in [5.41, 5.74) is 1.87. The second kappa shape index (κ2) is 10.00. The maximum atomic E-state index is 12.8. The molecule has 2 aromatic carbocycles. The van der Waals surface area contributed by atoms with Crippen LogP contribution >= 0.6 is 22.6 Å². The number of amides is 2. The van der Waals surface area contributed by atoms with Crippen LogP contribution < -0.4 is 15.0 Å². The van der Waals surface area contributed by atoms with Gasteiger partial charge in [0.05, 0.1) is 3.57 Å². The number of hydrogen-bond acceptors (Lipinski definition) is 4. The van der Waals surface area contributed by atoms with E-state index in [1.165, 1.54) is 0 Å². The number of urea groups is 1. The first kappa shape index (κ1) is 21.4. The number of halogens is 1. The van der Waals surface area contributed by atoms with E-state index in [-0.39, 0.29) is 12.1 Å². The summed E-state index contributed by atoms with van der Waals surface area (Å²) in [7, 11) is 0. The highest BCUT2D eigenvalue weighted by Gasteiger charge is 2.28. The number of pyridine rings is 1. The first-order valence-electron chi connectivity index (χ1n) is 10.3. The number of piperazine rings is 1. The van der Waals surface area contributed by atoms with E-state index < -0.39 is 0 Å². The lowest BCUT2D eigenvalue weighted by Crippen LogP contribution is -2.55. The molecule has 1 aromatic heterocycles. The predicted molar refractivity (Wildman–Crippen MR) is 132 cm³/mol. The van der Waals surface area contributed by atoms with Gasteiger partial charge in [-0.25, -0.2) is 9.78 Å². The standard InChI is InChI=1S/C24H25IN4O2/c1-18-16-28(23-22(25)8-5-13-26-23)14-15-29(18)24(30)27-20-9-11-21(12-10-20)31-17-19-6-3-2-4-7-19/h2-13,18H,14-17H2,1H3,(H,27,30)/t18-/m1/s1. The molecule has 0 saturated carbocycles. The van der Waals surface area contributed by atoms with Gasteiger partial charge in [0.25, 0.3) is 0 Å². The second-order valence-corrected chi connectivity index (χ2v) is 8.69. The molecule has 1 fully saturated rings. The zero-order valence-electron chi connectivity index (χ0n) is 17.4. The van der Waals surface area contributed by atoms with Crippen LogP contribution in [0.3, 0.4) is 0 Å². The normalized spacial score (nSPS) is 16.1. The van der Waals surface area contributed by atoms with Gasteiger partial charge in [0.2, 0.25) is 0 Å². The Morgan fingerprint density at radius 3 is 2.58 bits per heavy atom. The van der Waals surface area contributed by atoms with Crippen molar-refractivity contribution in [1.29, 1.82) is 0 Å². The molecule has 6 nitrogen and oxygen atoms in total. The lowest BCUT2D eigenvalue weighted by atomic mass is 10.2. The average Bonchev–Trinajstić information content (AvgIpc) is 2.79. The first-order valence-corrected chi connectivity index (χ1v) is 11.4. The minimum atomic E-state index is -0.0826. The molecule has 1 saturated heterocycles. The molecule has 0 unspecified atom stereocenters. The maximum Gasteiger partial charge on any atom is 0.322 e. The van der Waals surface area contributed by atoms with Crippen LogP contribution in [0, 0.1) is 3.57 Å². The lowest BCUT2D eigenvalue weighted by Gasteiger charge is -2.40. The zero-order valence-corrected chi connectivity index (χ0v) is 19.5. The van der Waals surface area contributed by atoms with Crippen molar-refractivity contribution in [2.75, 3.05) is 29.9 Å². The number of rotatable bonds is 5. The fraction of sp³-hybridized carbons (Fsp3) is 0.250. The summed E-state index contributed by atoms with van der Waals surface area (Å²) < 4.78 is 6.94. The Kier molecular flexibility index (Phi) is 6.91. The minimum Gasteiger partial charge on any atom is -0.489 e. The molecule has 2 amide bonds. The van der Waals surface area contributed by atoms with Crippen LogP contribution in [0.1, 0.15) is 12.5 Å². The molecule has 1 aliphatic rings. The number of nitrogens with one attached hydrogen (secondary N) is 1. The summed E-state index contributed by atoms with van der Waals surface area (Å²) in [5, 5.41) is 3.00. The molecular formula is C24H25IN4O2. The molecule has 31 heavy (non-hydrogen) atoms. The van der Waals surface area contributed by atoms with Gasteiger partial charge >= 0.3 is 6.03 Å². The summed E-state index contributed by atoms with van der Waals surface area (Å²) >= 11 is 2.31.